The molecule has 0 bridgehead atoms. The van der Waals surface area contributed by atoms with Gasteiger partial charge in [0.25, 0.3) is 0 Å². The fraction of sp³-hybridized carbons (Fsp3) is 0.0625. The van der Waals surface area contributed by atoms with Gasteiger partial charge in [0.05, 0.1) is 5.56 Å². The highest BCUT2D eigenvalue weighted by Crippen LogP contribution is 2.28. The molecule has 0 unspecified atom stereocenters. The molecule has 6 nitrogen and oxygen atoms in total. The second kappa shape index (κ2) is 5.69. The molecule has 0 atom stereocenters. The summed E-state index contributed by atoms with van der Waals surface area (Å²) < 4.78 is 0. The van der Waals surface area contributed by atoms with Gasteiger partial charge in [-0.3, -0.25) is 14.4 Å². The highest BCUT2D eigenvalue weighted by Gasteiger charge is 2.18. The van der Waals surface area contributed by atoms with Crippen molar-refractivity contribution in [3.05, 3.63) is 58.7 Å². The van der Waals surface area contributed by atoms with Gasteiger partial charge in [0, 0.05) is 11.1 Å². The third kappa shape index (κ3) is 2.67. The Morgan fingerprint density at radius 2 is 1.55 bits per heavy atom. The van der Waals surface area contributed by atoms with Gasteiger partial charge in [-0.25, -0.2) is 0 Å². The summed E-state index contributed by atoms with van der Waals surface area (Å²) in [7, 11) is 0. The van der Waals surface area contributed by atoms with Crippen LogP contribution in [0.2, 0.25) is 0 Å². The van der Waals surface area contributed by atoms with E-state index in [-0.39, 0.29) is 11.1 Å². The van der Waals surface area contributed by atoms with E-state index in [4.69, 9.17) is 17.2 Å². The van der Waals surface area contributed by atoms with Crippen LogP contribution in [0.3, 0.4) is 0 Å². The molecule has 0 aliphatic carbocycles. The SMILES string of the molecule is Cc1c(C(N)=O)ccc(-c2cccc(C(N)=O)c2)c1C(N)=O. The highest BCUT2D eigenvalue weighted by molar-refractivity contribution is 6.06. The van der Waals surface area contributed by atoms with E-state index in [9.17, 15) is 14.4 Å². The second-order valence-electron chi connectivity index (χ2n) is 4.83. The van der Waals surface area contributed by atoms with E-state index in [1.54, 1.807) is 37.3 Å². The maximum Gasteiger partial charge on any atom is 0.249 e. The molecule has 3 amide bonds. The molecule has 0 fully saturated rings. The first-order chi connectivity index (χ1) is 10.3. The van der Waals surface area contributed by atoms with Gasteiger partial charge in [-0.2, -0.15) is 0 Å². The Morgan fingerprint density at radius 1 is 0.864 bits per heavy atom. The molecule has 22 heavy (non-hydrogen) atoms. The lowest BCUT2D eigenvalue weighted by molar-refractivity contribution is 0.0989. The molecule has 0 heterocycles. The number of benzene rings is 2. The van der Waals surface area contributed by atoms with Crippen molar-refractivity contribution in [3.63, 3.8) is 0 Å². The molecule has 0 radical (unpaired) electrons. The fourth-order valence-electron chi connectivity index (χ4n) is 2.38. The molecule has 0 aliphatic rings. The topological polar surface area (TPSA) is 129 Å². The van der Waals surface area contributed by atoms with Crippen LogP contribution in [-0.2, 0) is 0 Å². The average Bonchev–Trinajstić information content (AvgIpc) is 2.46. The molecule has 0 aromatic heterocycles. The third-order valence-corrected chi connectivity index (χ3v) is 3.43. The molecule has 6 heteroatoms. The lowest BCUT2D eigenvalue weighted by Crippen LogP contribution is -2.19. The lowest BCUT2D eigenvalue weighted by Gasteiger charge is -2.13. The van der Waals surface area contributed by atoms with E-state index >= 15 is 0 Å². The van der Waals surface area contributed by atoms with Gasteiger partial charge >= 0.3 is 0 Å². The minimum Gasteiger partial charge on any atom is -0.366 e. The quantitative estimate of drug-likeness (QED) is 0.777. The summed E-state index contributed by atoms with van der Waals surface area (Å²) in [5.41, 5.74) is 18.2. The van der Waals surface area contributed by atoms with Crippen LogP contribution in [0.15, 0.2) is 36.4 Å². The minimum atomic E-state index is -0.680. The van der Waals surface area contributed by atoms with Gasteiger partial charge in [-0.05, 0) is 41.8 Å². The Hall–Kier alpha value is -3.15. The highest BCUT2D eigenvalue weighted by atomic mass is 16.2. The fourth-order valence-corrected chi connectivity index (χ4v) is 2.38. The van der Waals surface area contributed by atoms with E-state index in [1.807, 2.05) is 0 Å². The monoisotopic (exact) mass is 297 g/mol. The largest absolute Gasteiger partial charge is 0.366 e. The molecule has 0 saturated carbocycles. The minimum absolute atomic E-state index is 0.193. The molecular formula is C16H15N3O3. The van der Waals surface area contributed by atoms with Gasteiger partial charge < -0.3 is 17.2 Å². The summed E-state index contributed by atoms with van der Waals surface area (Å²) in [4.78, 5) is 34.5. The molecule has 0 saturated heterocycles. The van der Waals surface area contributed by atoms with Crippen LogP contribution in [0.4, 0.5) is 0 Å². The van der Waals surface area contributed by atoms with Crippen LogP contribution >= 0.6 is 0 Å². The third-order valence-electron chi connectivity index (χ3n) is 3.43. The van der Waals surface area contributed by atoms with Crippen LogP contribution in [0.5, 0.6) is 0 Å². The summed E-state index contributed by atoms with van der Waals surface area (Å²) in [5.74, 6) is -1.90. The Kier molecular flexibility index (Phi) is 3.94. The number of primary amides is 3. The molecule has 0 aliphatic heterocycles. The number of nitrogens with two attached hydrogens (primary N) is 3. The molecule has 0 spiro atoms. The number of hydrogen-bond donors (Lipinski definition) is 3. The summed E-state index contributed by atoms with van der Waals surface area (Å²) in [6, 6.07) is 9.60. The summed E-state index contributed by atoms with van der Waals surface area (Å²) in [6.45, 7) is 1.60. The van der Waals surface area contributed by atoms with Crippen LogP contribution in [-0.4, -0.2) is 17.7 Å². The van der Waals surface area contributed by atoms with Crippen LogP contribution in [0.25, 0.3) is 11.1 Å². The van der Waals surface area contributed by atoms with E-state index in [2.05, 4.69) is 0 Å². The van der Waals surface area contributed by atoms with Crippen LogP contribution in [0, 0.1) is 6.92 Å². The summed E-state index contributed by atoms with van der Waals surface area (Å²) >= 11 is 0. The number of amides is 3. The molecule has 2 aromatic carbocycles. The molecule has 2 rings (SSSR count). The zero-order valence-electron chi connectivity index (χ0n) is 11.9. The van der Waals surface area contributed by atoms with Gasteiger partial charge in [-0.15, -0.1) is 0 Å². The lowest BCUT2D eigenvalue weighted by atomic mass is 9.91. The van der Waals surface area contributed by atoms with Gasteiger partial charge in [0.15, 0.2) is 0 Å². The molecule has 2 aromatic rings. The number of carbonyl (C=O) groups is 3. The summed E-state index contributed by atoms with van der Waals surface area (Å²) in [5, 5.41) is 0. The normalized spacial score (nSPS) is 10.2. The Bertz CT molecular complexity index is 797. The standard InChI is InChI=1S/C16H15N3O3/c1-8-11(15(18)21)5-6-12(13(8)16(19)22)9-3-2-4-10(7-9)14(17)20/h2-7H,1H3,(H2,17,20)(H2,18,21)(H2,19,22). The van der Waals surface area contributed by atoms with Crippen LogP contribution < -0.4 is 17.2 Å². The number of carbonyl (C=O) groups excluding carboxylic acids is 3. The van der Waals surface area contributed by atoms with Crippen LogP contribution in [0.1, 0.15) is 36.6 Å². The van der Waals surface area contributed by atoms with Crippen molar-refractivity contribution in [1.29, 1.82) is 0 Å². The van der Waals surface area contributed by atoms with Gasteiger partial charge in [0.1, 0.15) is 0 Å². The average molecular weight is 297 g/mol. The number of rotatable bonds is 4. The van der Waals surface area contributed by atoms with Crippen molar-refractivity contribution in [2.45, 2.75) is 6.92 Å². The van der Waals surface area contributed by atoms with Crippen molar-refractivity contribution < 1.29 is 14.4 Å². The first-order valence-corrected chi connectivity index (χ1v) is 6.46. The Labute approximate surface area is 126 Å². The number of hydrogen-bond acceptors (Lipinski definition) is 3. The summed E-state index contributed by atoms with van der Waals surface area (Å²) in [6.07, 6.45) is 0. The Balaban J connectivity index is 2.73. The molecule has 112 valence electrons. The second-order valence-corrected chi connectivity index (χ2v) is 4.83. The predicted molar refractivity (Wildman–Crippen MR) is 82.2 cm³/mol. The van der Waals surface area contributed by atoms with Crippen molar-refractivity contribution in [2.24, 2.45) is 17.2 Å². The van der Waals surface area contributed by atoms with Crippen molar-refractivity contribution in [2.75, 3.05) is 0 Å². The van der Waals surface area contributed by atoms with Crippen molar-refractivity contribution in [1.82, 2.24) is 0 Å². The first kappa shape index (κ1) is 15.2. The maximum atomic E-state index is 11.8. The molecule has 6 N–H and O–H groups in total. The molecular weight excluding hydrogens is 282 g/mol. The van der Waals surface area contributed by atoms with Crippen molar-refractivity contribution in [3.8, 4) is 11.1 Å². The Morgan fingerprint density at radius 3 is 2.09 bits per heavy atom. The van der Waals surface area contributed by atoms with Crippen molar-refractivity contribution >= 4 is 17.7 Å². The predicted octanol–water partition coefficient (Wildman–Crippen LogP) is 0.959. The van der Waals surface area contributed by atoms with E-state index < -0.39 is 17.7 Å². The zero-order valence-corrected chi connectivity index (χ0v) is 11.9. The van der Waals surface area contributed by atoms with Gasteiger partial charge in [0.2, 0.25) is 17.7 Å². The smallest absolute Gasteiger partial charge is 0.249 e. The van der Waals surface area contributed by atoms with E-state index in [0.29, 0.717) is 22.3 Å². The van der Waals surface area contributed by atoms with Gasteiger partial charge in [-0.1, -0.05) is 18.2 Å². The maximum absolute atomic E-state index is 11.8. The van der Waals surface area contributed by atoms with E-state index in [0.717, 1.165) is 0 Å². The zero-order chi connectivity index (χ0) is 16.4. The first-order valence-electron chi connectivity index (χ1n) is 6.46. The van der Waals surface area contributed by atoms with E-state index in [1.165, 1.54) is 6.07 Å².